The summed E-state index contributed by atoms with van der Waals surface area (Å²) in [5.74, 6) is -0.0160. The van der Waals surface area contributed by atoms with Crippen molar-refractivity contribution in [2.75, 3.05) is 6.61 Å². The number of rotatable bonds is 7. The molecule has 33 heavy (non-hydrogen) atoms. The zero-order chi connectivity index (χ0) is 23.5. The Morgan fingerprint density at radius 2 is 1.97 bits per heavy atom. The molecule has 0 saturated heterocycles. The maximum absolute atomic E-state index is 13.6. The molecule has 1 aliphatic rings. The van der Waals surface area contributed by atoms with Crippen LogP contribution in [0.4, 0.5) is 0 Å². The van der Waals surface area contributed by atoms with Crippen LogP contribution in [0.15, 0.2) is 62.8 Å². The lowest BCUT2D eigenvalue weighted by Gasteiger charge is -2.26. The van der Waals surface area contributed by atoms with Crippen molar-refractivity contribution in [3.05, 3.63) is 88.7 Å². The molecule has 0 bridgehead atoms. The molecular weight excluding hydrogens is 452 g/mol. The molecule has 3 aromatic rings. The van der Waals surface area contributed by atoms with Crippen molar-refractivity contribution in [3.8, 4) is 0 Å². The van der Waals surface area contributed by atoms with Gasteiger partial charge in [0, 0.05) is 4.88 Å². The van der Waals surface area contributed by atoms with Gasteiger partial charge in [-0.1, -0.05) is 68.9 Å². The smallest absolute Gasteiger partial charge is 0.338 e. The van der Waals surface area contributed by atoms with Gasteiger partial charge in [0.1, 0.15) is 0 Å². The van der Waals surface area contributed by atoms with E-state index in [2.05, 4.69) is 32.9 Å². The fourth-order valence-corrected chi connectivity index (χ4v) is 5.74. The Bertz CT molecular complexity index is 1340. The number of thiazole rings is 1. The van der Waals surface area contributed by atoms with Crippen LogP contribution in [0.2, 0.25) is 0 Å². The lowest BCUT2D eigenvalue weighted by Crippen LogP contribution is -2.40. The van der Waals surface area contributed by atoms with Crippen molar-refractivity contribution in [1.82, 2.24) is 4.57 Å². The molecule has 0 amide bonds. The first kappa shape index (κ1) is 23.4. The summed E-state index contributed by atoms with van der Waals surface area (Å²) in [6.07, 6.45) is 3.39. The highest BCUT2D eigenvalue weighted by Gasteiger charge is 2.34. The lowest BCUT2D eigenvalue weighted by atomic mass is 9.92. The summed E-state index contributed by atoms with van der Waals surface area (Å²) in [4.78, 5) is 33.2. The Balaban J connectivity index is 1.98. The Morgan fingerprint density at radius 1 is 1.21 bits per heavy atom. The van der Waals surface area contributed by atoms with Crippen molar-refractivity contribution in [2.24, 2.45) is 4.99 Å². The molecule has 2 aromatic heterocycles. The molecule has 0 saturated carbocycles. The van der Waals surface area contributed by atoms with Crippen LogP contribution in [0.25, 0.3) is 6.08 Å². The molecule has 172 valence electrons. The minimum Gasteiger partial charge on any atom is -0.463 e. The van der Waals surface area contributed by atoms with Gasteiger partial charge in [-0.15, -0.1) is 11.3 Å². The van der Waals surface area contributed by atoms with Gasteiger partial charge in [0.25, 0.3) is 5.56 Å². The van der Waals surface area contributed by atoms with Crippen LogP contribution in [0.5, 0.6) is 0 Å². The molecule has 7 heteroatoms. The van der Waals surface area contributed by atoms with Gasteiger partial charge in [-0.2, -0.15) is 0 Å². The van der Waals surface area contributed by atoms with Crippen LogP contribution < -0.4 is 14.9 Å². The number of thiophene rings is 1. The maximum Gasteiger partial charge on any atom is 0.338 e. The molecule has 3 heterocycles. The molecule has 1 aliphatic heterocycles. The van der Waals surface area contributed by atoms with Crippen LogP contribution in [0.3, 0.4) is 0 Å². The Kier molecular flexibility index (Phi) is 7.10. The van der Waals surface area contributed by atoms with Gasteiger partial charge in [0.15, 0.2) is 4.80 Å². The first-order valence-corrected chi connectivity index (χ1v) is 13.0. The Labute approximate surface area is 201 Å². The number of hydrogen-bond acceptors (Lipinski definition) is 6. The zero-order valence-corrected chi connectivity index (χ0v) is 21.0. The molecule has 0 radical (unpaired) electrons. The minimum atomic E-state index is -0.562. The Hall–Kier alpha value is -2.77. The summed E-state index contributed by atoms with van der Waals surface area (Å²) in [6, 6.07) is 11.6. The first-order valence-electron chi connectivity index (χ1n) is 11.3. The van der Waals surface area contributed by atoms with Gasteiger partial charge < -0.3 is 4.74 Å². The molecule has 0 aliphatic carbocycles. The van der Waals surface area contributed by atoms with Crippen molar-refractivity contribution < 1.29 is 9.53 Å². The minimum absolute atomic E-state index is 0.137. The van der Waals surface area contributed by atoms with E-state index in [1.54, 1.807) is 22.8 Å². The van der Waals surface area contributed by atoms with Crippen molar-refractivity contribution in [3.63, 3.8) is 0 Å². The third-order valence-corrected chi connectivity index (χ3v) is 7.43. The summed E-state index contributed by atoms with van der Waals surface area (Å²) in [6.45, 7) is 8.41. The van der Waals surface area contributed by atoms with Crippen molar-refractivity contribution in [2.45, 2.75) is 52.5 Å². The predicted molar refractivity (Wildman–Crippen MR) is 134 cm³/mol. The van der Waals surface area contributed by atoms with E-state index in [-0.39, 0.29) is 12.2 Å². The van der Waals surface area contributed by atoms with E-state index in [0.717, 1.165) is 16.9 Å². The number of nitrogens with zero attached hydrogens (tertiary/aromatic N) is 2. The standard InChI is InChI=1S/C26H28N2O3S2/c1-5-8-20-22(25(30)31-6-2)23(18-12-10-17(11-13-18)16(3)4)28-24(29)21(33-26(28)27-20)15-19-9-7-14-32-19/h7,9-16,23H,5-6,8H2,1-4H3/b21-15-/t23-/m0/s1. The number of esters is 1. The molecule has 0 N–H and O–H groups in total. The van der Waals surface area contributed by atoms with Crippen LogP contribution in [0, 0.1) is 0 Å². The molecular formula is C26H28N2O3S2. The van der Waals surface area contributed by atoms with Gasteiger partial charge >= 0.3 is 5.97 Å². The van der Waals surface area contributed by atoms with Crippen LogP contribution in [-0.4, -0.2) is 17.1 Å². The van der Waals surface area contributed by atoms with E-state index in [1.165, 1.54) is 16.9 Å². The van der Waals surface area contributed by atoms with E-state index in [4.69, 9.17) is 9.73 Å². The van der Waals surface area contributed by atoms with Crippen molar-refractivity contribution in [1.29, 1.82) is 0 Å². The second-order valence-corrected chi connectivity index (χ2v) is 10.2. The average Bonchev–Trinajstić information content (AvgIpc) is 3.41. The van der Waals surface area contributed by atoms with Gasteiger partial charge in [-0.25, -0.2) is 9.79 Å². The Morgan fingerprint density at radius 3 is 2.58 bits per heavy atom. The fraction of sp³-hybridized carbons (Fsp3) is 0.346. The molecule has 0 spiro atoms. The third kappa shape index (κ3) is 4.66. The second-order valence-electron chi connectivity index (χ2n) is 8.25. The normalized spacial score (nSPS) is 16.2. The molecule has 1 aromatic carbocycles. The molecule has 5 nitrogen and oxygen atoms in total. The highest BCUT2D eigenvalue weighted by molar-refractivity contribution is 7.11. The number of hydrogen-bond donors (Lipinski definition) is 0. The number of ether oxygens (including phenoxy) is 1. The van der Waals surface area contributed by atoms with Gasteiger partial charge in [-0.3, -0.25) is 9.36 Å². The zero-order valence-electron chi connectivity index (χ0n) is 19.3. The summed E-state index contributed by atoms with van der Waals surface area (Å²) >= 11 is 2.95. The van der Waals surface area contributed by atoms with Crippen molar-refractivity contribution >= 4 is 34.7 Å². The summed E-state index contributed by atoms with van der Waals surface area (Å²) in [5.41, 5.74) is 3.13. The molecule has 1 atom stereocenters. The summed E-state index contributed by atoms with van der Waals surface area (Å²) < 4.78 is 7.72. The second kappa shape index (κ2) is 10.0. The lowest BCUT2D eigenvalue weighted by molar-refractivity contribution is -0.139. The quantitative estimate of drug-likeness (QED) is 0.458. The number of fused-ring (bicyclic) bond motifs is 1. The maximum atomic E-state index is 13.6. The van der Waals surface area contributed by atoms with Gasteiger partial charge in [0.05, 0.1) is 28.5 Å². The first-order chi connectivity index (χ1) is 15.9. The number of benzene rings is 1. The highest BCUT2D eigenvalue weighted by atomic mass is 32.1. The van der Waals surface area contributed by atoms with E-state index in [0.29, 0.717) is 32.9 Å². The highest BCUT2D eigenvalue weighted by Crippen LogP contribution is 2.33. The molecule has 0 unspecified atom stereocenters. The van der Waals surface area contributed by atoms with E-state index in [9.17, 15) is 9.59 Å². The van der Waals surface area contributed by atoms with E-state index >= 15 is 0 Å². The number of carbonyl (C=O) groups excluding carboxylic acids is 1. The third-order valence-electron chi connectivity index (χ3n) is 5.63. The SMILES string of the molecule is CCCC1=C(C(=O)OCC)[C@H](c2ccc(C(C)C)cc2)n2c(s/c(=C\c3cccs3)c2=O)=N1. The molecule has 0 fully saturated rings. The predicted octanol–water partition coefficient (Wildman–Crippen LogP) is 4.76. The topological polar surface area (TPSA) is 60.7 Å². The summed E-state index contributed by atoms with van der Waals surface area (Å²) in [5, 5.41) is 1.99. The summed E-state index contributed by atoms with van der Waals surface area (Å²) in [7, 11) is 0. The van der Waals surface area contributed by atoms with Crippen LogP contribution in [0.1, 0.15) is 68.5 Å². The average molecular weight is 481 g/mol. The van der Waals surface area contributed by atoms with E-state index in [1.807, 2.05) is 35.7 Å². The van der Waals surface area contributed by atoms with Gasteiger partial charge in [-0.05, 0) is 47.9 Å². The largest absolute Gasteiger partial charge is 0.463 e. The fourth-order valence-electron chi connectivity index (χ4n) is 4.00. The number of allylic oxidation sites excluding steroid dienone is 1. The number of aromatic nitrogens is 1. The van der Waals surface area contributed by atoms with Gasteiger partial charge in [0.2, 0.25) is 0 Å². The number of carbonyl (C=O) groups is 1. The van der Waals surface area contributed by atoms with Crippen LogP contribution >= 0.6 is 22.7 Å². The molecule has 4 rings (SSSR count). The van der Waals surface area contributed by atoms with E-state index < -0.39 is 12.0 Å². The van der Waals surface area contributed by atoms with Crippen LogP contribution in [-0.2, 0) is 9.53 Å². The monoisotopic (exact) mass is 480 g/mol.